The lowest BCUT2D eigenvalue weighted by atomic mass is 10.2. The van der Waals surface area contributed by atoms with Gasteiger partial charge >= 0.3 is 0 Å². The quantitative estimate of drug-likeness (QED) is 0.775. The Balaban J connectivity index is 1.72. The normalized spacial score (nSPS) is 12.7. The zero-order valence-electron chi connectivity index (χ0n) is 13.7. The highest BCUT2D eigenvalue weighted by molar-refractivity contribution is 7.98. The summed E-state index contributed by atoms with van der Waals surface area (Å²) in [6.07, 6.45) is 0. The van der Waals surface area contributed by atoms with Crippen molar-refractivity contribution in [2.45, 2.75) is 11.5 Å². The lowest BCUT2D eigenvalue weighted by molar-refractivity contribution is 0.102. The number of fused-ring (bicyclic) bond motifs is 1. The second-order valence-electron chi connectivity index (χ2n) is 5.70. The van der Waals surface area contributed by atoms with Gasteiger partial charge in [0, 0.05) is 22.6 Å². The standard InChI is InChI=1S/C19H17N3O2S/c1-24-15-9-7-14(8-10-15)22-18(16-11-25-12-17(16)21-22)20-19(23)13-5-3-2-4-6-13/h2-10H,11-12H2,1H3,(H,20,23). The summed E-state index contributed by atoms with van der Waals surface area (Å²) in [7, 11) is 1.64. The van der Waals surface area contributed by atoms with Gasteiger partial charge in [0.15, 0.2) is 0 Å². The molecule has 5 nitrogen and oxygen atoms in total. The summed E-state index contributed by atoms with van der Waals surface area (Å²) >= 11 is 1.81. The maximum Gasteiger partial charge on any atom is 0.256 e. The van der Waals surface area contributed by atoms with Gasteiger partial charge in [0.25, 0.3) is 5.91 Å². The summed E-state index contributed by atoms with van der Waals surface area (Å²) in [5.41, 5.74) is 3.65. The van der Waals surface area contributed by atoms with E-state index in [1.807, 2.05) is 58.9 Å². The lowest BCUT2D eigenvalue weighted by Crippen LogP contribution is -2.16. The molecule has 0 radical (unpaired) electrons. The molecule has 3 aromatic rings. The minimum absolute atomic E-state index is 0.130. The minimum atomic E-state index is -0.130. The molecular formula is C19H17N3O2S. The van der Waals surface area contributed by atoms with E-state index in [1.165, 1.54) is 0 Å². The molecule has 0 bridgehead atoms. The van der Waals surface area contributed by atoms with Crippen molar-refractivity contribution in [3.8, 4) is 11.4 Å². The number of nitrogens with zero attached hydrogens (tertiary/aromatic N) is 2. The molecule has 0 saturated heterocycles. The van der Waals surface area contributed by atoms with Crippen LogP contribution in [-0.4, -0.2) is 22.8 Å². The SMILES string of the molecule is COc1ccc(-n2nc3c(c2NC(=O)c2ccccc2)CSC3)cc1. The van der Waals surface area contributed by atoms with E-state index in [2.05, 4.69) is 5.32 Å². The van der Waals surface area contributed by atoms with Crippen LogP contribution in [0.1, 0.15) is 21.6 Å². The molecule has 1 amide bonds. The topological polar surface area (TPSA) is 56.1 Å². The minimum Gasteiger partial charge on any atom is -0.497 e. The van der Waals surface area contributed by atoms with Crippen molar-refractivity contribution in [2.24, 2.45) is 0 Å². The molecule has 126 valence electrons. The molecule has 1 N–H and O–H groups in total. The maximum atomic E-state index is 12.6. The second kappa shape index (κ2) is 6.64. The molecule has 0 unspecified atom stereocenters. The molecule has 2 aromatic carbocycles. The number of benzene rings is 2. The van der Waals surface area contributed by atoms with Gasteiger partial charge in [0.2, 0.25) is 0 Å². The molecular weight excluding hydrogens is 334 g/mol. The molecule has 4 rings (SSSR count). The van der Waals surface area contributed by atoms with Crippen LogP contribution < -0.4 is 10.1 Å². The zero-order chi connectivity index (χ0) is 17.2. The third-order valence-electron chi connectivity index (χ3n) is 4.14. The molecule has 1 aliphatic rings. The van der Waals surface area contributed by atoms with Crippen LogP contribution >= 0.6 is 11.8 Å². The van der Waals surface area contributed by atoms with E-state index in [0.29, 0.717) is 5.56 Å². The van der Waals surface area contributed by atoms with Gasteiger partial charge in [0.05, 0.1) is 18.5 Å². The first kappa shape index (κ1) is 15.8. The van der Waals surface area contributed by atoms with Crippen LogP contribution in [0.4, 0.5) is 5.82 Å². The Morgan fingerprint density at radius 2 is 1.88 bits per heavy atom. The van der Waals surface area contributed by atoms with Crippen molar-refractivity contribution >= 4 is 23.5 Å². The van der Waals surface area contributed by atoms with Gasteiger partial charge < -0.3 is 10.1 Å². The molecule has 2 heterocycles. The van der Waals surface area contributed by atoms with Crippen LogP contribution in [0.15, 0.2) is 54.6 Å². The number of carbonyl (C=O) groups is 1. The predicted molar refractivity (Wildman–Crippen MR) is 99.5 cm³/mol. The number of hydrogen-bond donors (Lipinski definition) is 1. The number of hydrogen-bond acceptors (Lipinski definition) is 4. The first-order chi connectivity index (χ1) is 12.3. The fourth-order valence-electron chi connectivity index (χ4n) is 2.82. The van der Waals surface area contributed by atoms with Gasteiger partial charge in [-0.05, 0) is 36.4 Å². The highest BCUT2D eigenvalue weighted by Crippen LogP contribution is 2.36. The van der Waals surface area contributed by atoms with Crippen molar-refractivity contribution in [1.82, 2.24) is 9.78 Å². The summed E-state index contributed by atoms with van der Waals surface area (Å²) in [6, 6.07) is 16.9. The van der Waals surface area contributed by atoms with Crippen LogP contribution in [-0.2, 0) is 11.5 Å². The van der Waals surface area contributed by atoms with Crippen LogP contribution in [0.5, 0.6) is 5.75 Å². The summed E-state index contributed by atoms with van der Waals surface area (Å²) < 4.78 is 7.03. The molecule has 0 fully saturated rings. The number of methoxy groups -OCH3 is 1. The summed E-state index contributed by atoms with van der Waals surface area (Å²) in [5, 5.41) is 7.75. The van der Waals surface area contributed by atoms with E-state index in [9.17, 15) is 4.79 Å². The number of aromatic nitrogens is 2. The van der Waals surface area contributed by atoms with E-state index in [1.54, 1.807) is 19.2 Å². The lowest BCUT2D eigenvalue weighted by Gasteiger charge is -2.11. The van der Waals surface area contributed by atoms with E-state index in [0.717, 1.165) is 40.0 Å². The second-order valence-corrected chi connectivity index (χ2v) is 6.68. The van der Waals surface area contributed by atoms with Crippen LogP contribution in [0.2, 0.25) is 0 Å². The molecule has 1 aliphatic heterocycles. The Kier molecular flexibility index (Phi) is 4.19. The Hall–Kier alpha value is -2.73. The molecule has 0 spiro atoms. The van der Waals surface area contributed by atoms with Crippen molar-refractivity contribution in [2.75, 3.05) is 12.4 Å². The fraction of sp³-hybridized carbons (Fsp3) is 0.158. The van der Waals surface area contributed by atoms with E-state index < -0.39 is 0 Å². The highest BCUT2D eigenvalue weighted by Gasteiger charge is 2.25. The van der Waals surface area contributed by atoms with Crippen molar-refractivity contribution in [3.63, 3.8) is 0 Å². The molecule has 25 heavy (non-hydrogen) atoms. The first-order valence-electron chi connectivity index (χ1n) is 7.95. The Bertz CT molecular complexity index is 904. The number of ether oxygens (including phenoxy) is 1. The molecule has 0 saturated carbocycles. The monoisotopic (exact) mass is 351 g/mol. The third-order valence-corrected chi connectivity index (χ3v) is 5.11. The van der Waals surface area contributed by atoms with Gasteiger partial charge in [-0.15, -0.1) is 0 Å². The van der Waals surface area contributed by atoms with Gasteiger partial charge in [-0.25, -0.2) is 4.68 Å². The van der Waals surface area contributed by atoms with Crippen LogP contribution in [0, 0.1) is 0 Å². The number of anilines is 1. The van der Waals surface area contributed by atoms with Gasteiger partial charge in [-0.2, -0.15) is 16.9 Å². The number of rotatable bonds is 4. The first-order valence-corrected chi connectivity index (χ1v) is 9.11. The molecule has 6 heteroatoms. The fourth-order valence-corrected chi connectivity index (χ4v) is 3.86. The van der Waals surface area contributed by atoms with E-state index in [4.69, 9.17) is 9.84 Å². The average Bonchev–Trinajstić information content (AvgIpc) is 3.25. The Labute approximate surface area is 150 Å². The number of carbonyl (C=O) groups excluding carboxylic acids is 1. The number of amides is 1. The highest BCUT2D eigenvalue weighted by atomic mass is 32.2. The largest absolute Gasteiger partial charge is 0.497 e. The average molecular weight is 351 g/mol. The van der Waals surface area contributed by atoms with Crippen LogP contribution in [0.25, 0.3) is 5.69 Å². The number of thioether (sulfide) groups is 1. The van der Waals surface area contributed by atoms with Crippen LogP contribution in [0.3, 0.4) is 0 Å². The van der Waals surface area contributed by atoms with Crippen molar-refractivity contribution in [3.05, 3.63) is 71.4 Å². The Morgan fingerprint density at radius 3 is 2.60 bits per heavy atom. The zero-order valence-corrected chi connectivity index (χ0v) is 14.5. The number of nitrogens with one attached hydrogen (secondary N) is 1. The molecule has 0 atom stereocenters. The summed E-state index contributed by atoms with van der Waals surface area (Å²) in [5.74, 6) is 3.13. The Morgan fingerprint density at radius 1 is 1.12 bits per heavy atom. The summed E-state index contributed by atoms with van der Waals surface area (Å²) in [4.78, 5) is 12.6. The third kappa shape index (κ3) is 3.00. The predicted octanol–water partition coefficient (Wildman–Crippen LogP) is 3.88. The van der Waals surface area contributed by atoms with Gasteiger partial charge in [0.1, 0.15) is 11.6 Å². The molecule has 1 aromatic heterocycles. The van der Waals surface area contributed by atoms with Gasteiger partial charge in [-0.1, -0.05) is 18.2 Å². The maximum absolute atomic E-state index is 12.6. The van der Waals surface area contributed by atoms with Crippen molar-refractivity contribution in [1.29, 1.82) is 0 Å². The van der Waals surface area contributed by atoms with E-state index >= 15 is 0 Å². The van der Waals surface area contributed by atoms with Gasteiger partial charge in [-0.3, -0.25) is 4.79 Å². The van der Waals surface area contributed by atoms with E-state index in [-0.39, 0.29) is 5.91 Å². The van der Waals surface area contributed by atoms with Crippen molar-refractivity contribution < 1.29 is 9.53 Å². The smallest absolute Gasteiger partial charge is 0.256 e. The summed E-state index contributed by atoms with van der Waals surface area (Å²) in [6.45, 7) is 0. The molecule has 0 aliphatic carbocycles.